The summed E-state index contributed by atoms with van der Waals surface area (Å²) in [4.78, 5) is 31.3. The van der Waals surface area contributed by atoms with Crippen LogP contribution < -0.4 is 5.32 Å². The molecule has 9 heteroatoms. The quantitative estimate of drug-likeness (QED) is 0.612. The van der Waals surface area contributed by atoms with E-state index in [4.69, 9.17) is 4.42 Å². The third-order valence-corrected chi connectivity index (χ3v) is 6.43. The van der Waals surface area contributed by atoms with Crippen LogP contribution in [0.15, 0.2) is 64.1 Å². The molecule has 0 aliphatic carbocycles. The van der Waals surface area contributed by atoms with Crippen molar-refractivity contribution in [2.75, 3.05) is 6.26 Å². The van der Waals surface area contributed by atoms with Crippen molar-refractivity contribution in [1.29, 1.82) is 0 Å². The molecule has 2 heterocycles. The molecule has 3 aromatic rings. The molecule has 0 saturated carbocycles. The number of amides is 3. The second-order valence-corrected chi connectivity index (χ2v) is 9.77. The van der Waals surface area contributed by atoms with E-state index in [0.717, 1.165) is 22.3 Å². The predicted molar refractivity (Wildman–Crippen MR) is 113 cm³/mol. The van der Waals surface area contributed by atoms with Gasteiger partial charge in [-0.1, -0.05) is 29.8 Å². The molecule has 2 aromatic carbocycles. The molecule has 1 saturated heterocycles. The maximum atomic E-state index is 13.1. The summed E-state index contributed by atoms with van der Waals surface area (Å²) in [5.41, 5.74) is 1.52. The van der Waals surface area contributed by atoms with Gasteiger partial charge in [0.15, 0.2) is 9.84 Å². The van der Waals surface area contributed by atoms with Crippen LogP contribution >= 0.6 is 0 Å². The van der Waals surface area contributed by atoms with Crippen LogP contribution in [-0.4, -0.2) is 36.5 Å². The summed E-state index contributed by atoms with van der Waals surface area (Å²) in [6.07, 6.45) is 2.53. The van der Waals surface area contributed by atoms with Gasteiger partial charge in [-0.25, -0.2) is 18.2 Å². The Morgan fingerprint density at radius 2 is 1.71 bits per heavy atom. The number of benzene rings is 2. The first-order chi connectivity index (χ1) is 14.6. The van der Waals surface area contributed by atoms with E-state index in [1.165, 1.54) is 30.5 Å². The number of hydrogen-bond donors (Lipinski definition) is 1. The molecule has 0 spiro atoms. The molecule has 160 valence electrons. The third-order valence-electron chi connectivity index (χ3n) is 5.31. The van der Waals surface area contributed by atoms with Gasteiger partial charge in [0.25, 0.3) is 5.91 Å². The number of oxazole rings is 1. The van der Waals surface area contributed by atoms with Crippen LogP contribution in [-0.2, 0) is 26.7 Å². The van der Waals surface area contributed by atoms with Crippen LogP contribution in [0.1, 0.15) is 23.7 Å². The van der Waals surface area contributed by atoms with Gasteiger partial charge in [0, 0.05) is 11.8 Å². The smallest absolute Gasteiger partial charge is 0.325 e. The lowest BCUT2D eigenvalue weighted by Crippen LogP contribution is -2.40. The highest BCUT2D eigenvalue weighted by atomic mass is 32.2. The van der Waals surface area contributed by atoms with E-state index in [2.05, 4.69) is 10.3 Å². The van der Waals surface area contributed by atoms with Crippen LogP contribution in [0, 0.1) is 6.92 Å². The van der Waals surface area contributed by atoms with Crippen LogP contribution in [0.25, 0.3) is 11.5 Å². The third kappa shape index (κ3) is 3.84. The SMILES string of the molecule is Cc1ccc(-c2nc(CN3C(=O)NC(C)(c4ccc(S(C)(=O)=O)cc4)C3=O)co2)cc1. The first-order valence-corrected chi connectivity index (χ1v) is 11.4. The monoisotopic (exact) mass is 439 g/mol. The summed E-state index contributed by atoms with van der Waals surface area (Å²) in [6.45, 7) is 3.52. The van der Waals surface area contributed by atoms with Gasteiger partial charge in [-0.05, 0) is 43.7 Å². The zero-order valence-electron chi connectivity index (χ0n) is 17.2. The van der Waals surface area contributed by atoms with E-state index in [1.807, 2.05) is 31.2 Å². The fraction of sp³-hybridized carbons (Fsp3) is 0.227. The maximum Gasteiger partial charge on any atom is 0.325 e. The van der Waals surface area contributed by atoms with Crippen LogP contribution in [0.5, 0.6) is 0 Å². The van der Waals surface area contributed by atoms with Crippen molar-refractivity contribution in [2.45, 2.75) is 30.8 Å². The Bertz CT molecular complexity index is 1260. The van der Waals surface area contributed by atoms with Gasteiger partial charge in [0.1, 0.15) is 11.8 Å². The van der Waals surface area contributed by atoms with Gasteiger partial charge in [-0.2, -0.15) is 0 Å². The standard InChI is InChI=1S/C22H21N3O5S/c1-14-4-6-15(7-5-14)19-23-17(13-30-19)12-25-20(26)22(2,24-21(25)27)16-8-10-18(11-9-16)31(3,28)29/h4-11,13H,12H2,1-3H3,(H,24,27). The molecule has 1 unspecified atom stereocenters. The minimum Gasteiger partial charge on any atom is -0.444 e. The molecule has 0 bridgehead atoms. The molecule has 1 aliphatic rings. The molecular formula is C22H21N3O5S. The van der Waals surface area contributed by atoms with Crippen molar-refractivity contribution < 1.29 is 22.4 Å². The lowest BCUT2D eigenvalue weighted by Gasteiger charge is -2.22. The lowest BCUT2D eigenvalue weighted by atomic mass is 9.92. The van der Waals surface area contributed by atoms with E-state index < -0.39 is 27.3 Å². The number of aryl methyl sites for hydroxylation is 1. The topological polar surface area (TPSA) is 110 Å². The number of hydrogen-bond acceptors (Lipinski definition) is 6. The molecule has 1 aromatic heterocycles. The molecule has 4 rings (SSSR count). The summed E-state index contributed by atoms with van der Waals surface area (Å²) >= 11 is 0. The van der Waals surface area contributed by atoms with Crippen molar-refractivity contribution in [1.82, 2.24) is 15.2 Å². The van der Waals surface area contributed by atoms with Crippen molar-refractivity contribution in [2.24, 2.45) is 0 Å². The summed E-state index contributed by atoms with van der Waals surface area (Å²) in [7, 11) is -3.36. The highest BCUT2D eigenvalue weighted by molar-refractivity contribution is 7.90. The maximum absolute atomic E-state index is 13.1. The Morgan fingerprint density at radius 1 is 1.06 bits per heavy atom. The molecule has 3 amide bonds. The Balaban J connectivity index is 1.55. The highest BCUT2D eigenvalue weighted by Gasteiger charge is 2.49. The molecule has 1 fully saturated rings. The van der Waals surface area contributed by atoms with Crippen molar-refractivity contribution in [3.05, 3.63) is 71.6 Å². The Labute approximate surface area is 179 Å². The predicted octanol–water partition coefficient (Wildman–Crippen LogP) is 3.02. The molecule has 1 aliphatic heterocycles. The summed E-state index contributed by atoms with van der Waals surface area (Å²) in [6, 6.07) is 13.0. The number of nitrogens with zero attached hydrogens (tertiary/aromatic N) is 2. The molecule has 31 heavy (non-hydrogen) atoms. The summed E-state index contributed by atoms with van der Waals surface area (Å²) in [5, 5.41) is 2.70. The number of aromatic nitrogens is 1. The molecule has 1 N–H and O–H groups in total. The first-order valence-electron chi connectivity index (χ1n) is 9.54. The lowest BCUT2D eigenvalue weighted by molar-refractivity contribution is -0.131. The summed E-state index contributed by atoms with van der Waals surface area (Å²) in [5.74, 6) is -0.0503. The zero-order valence-corrected chi connectivity index (χ0v) is 18.1. The number of sulfone groups is 1. The number of nitrogens with one attached hydrogen (secondary N) is 1. The average Bonchev–Trinajstić information content (AvgIpc) is 3.27. The van der Waals surface area contributed by atoms with E-state index in [1.54, 1.807) is 6.92 Å². The normalized spacial score (nSPS) is 19.0. The average molecular weight is 439 g/mol. The molecule has 1 atom stereocenters. The second kappa shape index (κ2) is 7.35. The van der Waals surface area contributed by atoms with E-state index in [-0.39, 0.29) is 11.4 Å². The number of imide groups is 1. The fourth-order valence-corrected chi connectivity index (χ4v) is 4.07. The van der Waals surface area contributed by atoms with E-state index in [0.29, 0.717) is 17.1 Å². The Morgan fingerprint density at radius 3 is 2.32 bits per heavy atom. The number of urea groups is 1. The van der Waals surface area contributed by atoms with Gasteiger partial charge in [0.2, 0.25) is 5.89 Å². The minimum atomic E-state index is -3.36. The van der Waals surface area contributed by atoms with Crippen molar-refractivity contribution >= 4 is 21.8 Å². The summed E-state index contributed by atoms with van der Waals surface area (Å²) < 4.78 is 28.9. The highest BCUT2D eigenvalue weighted by Crippen LogP contribution is 2.31. The number of carbonyl (C=O) groups excluding carboxylic acids is 2. The first kappa shape index (κ1) is 20.8. The largest absolute Gasteiger partial charge is 0.444 e. The Hall–Kier alpha value is -3.46. The second-order valence-electron chi connectivity index (χ2n) is 7.75. The van der Waals surface area contributed by atoms with E-state index >= 15 is 0 Å². The van der Waals surface area contributed by atoms with Gasteiger partial charge in [-0.3, -0.25) is 9.69 Å². The minimum absolute atomic E-state index is 0.0446. The van der Waals surface area contributed by atoms with Crippen molar-refractivity contribution in [3.63, 3.8) is 0 Å². The fourth-order valence-electron chi connectivity index (χ4n) is 3.44. The molecule has 8 nitrogen and oxygen atoms in total. The van der Waals surface area contributed by atoms with Crippen molar-refractivity contribution in [3.8, 4) is 11.5 Å². The van der Waals surface area contributed by atoms with Gasteiger partial charge in [0.05, 0.1) is 17.1 Å². The van der Waals surface area contributed by atoms with Gasteiger partial charge < -0.3 is 9.73 Å². The van der Waals surface area contributed by atoms with Crippen LogP contribution in [0.3, 0.4) is 0 Å². The molecular weight excluding hydrogens is 418 g/mol. The van der Waals surface area contributed by atoms with E-state index in [9.17, 15) is 18.0 Å². The van der Waals surface area contributed by atoms with Gasteiger partial charge in [-0.15, -0.1) is 0 Å². The van der Waals surface area contributed by atoms with Crippen LogP contribution in [0.2, 0.25) is 0 Å². The Kier molecular flexibility index (Phi) is 4.93. The number of rotatable bonds is 5. The zero-order chi connectivity index (χ0) is 22.4. The van der Waals surface area contributed by atoms with Crippen LogP contribution in [0.4, 0.5) is 4.79 Å². The number of carbonyl (C=O) groups is 2. The molecule has 0 radical (unpaired) electrons. The van der Waals surface area contributed by atoms with Gasteiger partial charge >= 0.3 is 6.03 Å².